The van der Waals surface area contributed by atoms with Gasteiger partial charge in [-0.2, -0.15) is 5.10 Å². The Morgan fingerprint density at radius 3 is 2.26 bits per heavy atom. The number of benzene rings is 2. The average Bonchev–Trinajstić information content (AvgIpc) is 3.37. The number of amides is 1. The smallest absolute Gasteiger partial charge is 0.408 e. The van der Waals surface area contributed by atoms with Gasteiger partial charge >= 0.3 is 6.09 Å². The number of carbonyl (C=O) groups is 1. The second-order valence-electron chi connectivity index (χ2n) is 12.7. The third-order valence-electron chi connectivity index (χ3n) is 8.60. The minimum atomic E-state index is -0.866. The van der Waals surface area contributed by atoms with Crippen LogP contribution in [0.2, 0.25) is 0 Å². The number of pyridine rings is 1. The maximum Gasteiger partial charge on any atom is 0.408 e. The van der Waals surface area contributed by atoms with Crippen LogP contribution in [0.5, 0.6) is 0 Å². The molecular weight excluding hydrogens is 484 g/mol. The van der Waals surface area contributed by atoms with Crippen LogP contribution in [-0.2, 0) is 17.4 Å². The summed E-state index contributed by atoms with van der Waals surface area (Å²) in [5, 5.41) is 17.8. The SMILES string of the molecule is CC1(C)Cc2nc(-c3ccc(C4(N(C(=O)O)C(C)(C)C)CCC4)cc3)c(-c3ccccc3)cc2-c2[nH]ncc21. The number of hydrogen-bond donors (Lipinski definition) is 2. The highest BCUT2D eigenvalue weighted by Gasteiger charge is 2.50. The quantitative estimate of drug-likeness (QED) is 0.288. The molecule has 0 radical (unpaired) electrons. The van der Waals surface area contributed by atoms with E-state index in [9.17, 15) is 9.90 Å². The van der Waals surface area contributed by atoms with Gasteiger partial charge in [0.25, 0.3) is 0 Å². The normalized spacial score (nSPS) is 17.1. The summed E-state index contributed by atoms with van der Waals surface area (Å²) in [6, 6.07) is 21.1. The molecule has 0 saturated heterocycles. The van der Waals surface area contributed by atoms with Gasteiger partial charge in [-0.1, -0.05) is 68.4 Å². The summed E-state index contributed by atoms with van der Waals surface area (Å²) in [5.41, 5.74) is 8.60. The van der Waals surface area contributed by atoms with Crippen LogP contribution in [0.3, 0.4) is 0 Å². The zero-order valence-electron chi connectivity index (χ0n) is 23.4. The van der Waals surface area contributed by atoms with Crippen molar-refractivity contribution in [1.82, 2.24) is 20.1 Å². The topological polar surface area (TPSA) is 82.1 Å². The van der Waals surface area contributed by atoms with Crippen LogP contribution >= 0.6 is 0 Å². The van der Waals surface area contributed by atoms with Crippen molar-refractivity contribution in [3.63, 3.8) is 0 Å². The Morgan fingerprint density at radius 2 is 1.67 bits per heavy atom. The van der Waals surface area contributed by atoms with E-state index in [1.54, 1.807) is 4.90 Å². The fraction of sp³-hybridized carbons (Fsp3) is 0.364. The van der Waals surface area contributed by atoms with Gasteiger partial charge in [-0.05, 0) is 69.1 Å². The van der Waals surface area contributed by atoms with Crippen molar-refractivity contribution in [2.75, 3.05) is 0 Å². The molecule has 6 rings (SSSR count). The first-order valence-electron chi connectivity index (χ1n) is 13.8. The number of nitrogens with zero attached hydrogens (tertiary/aromatic N) is 3. The highest BCUT2D eigenvalue weighted by Crippen LogP contribution is 2.50. The molecule has 200 valence electrons. The van der Waals surface area contributed by atoms with Crippen LogP contribution in [0.1, 0.15) is 70.7 Å². The summed E-state index contributed by atoms with van der Waals surface area (Å²) in [7, 11) is 0. The van der Waals surface area contributed by atoms with Gasteiger partial charge in [0.15, 0.2) is 0 Å². The molecule has 0 aliphatic heterocycles. The largest absolute Gasteiger partial charge is 0.465 e. The highest BCUT2D eigenvalue weighted by atomic mass is 16.4. The number of hydrogen-bond acceptors (Lipinski definition) is 3. The maximum absolute atomic E-state index is 12.4. The van der Waals surface area contributed by atoms with Crippen LogP contribution in [0.4, 0.5) is 4.79 Å². The first kappa shape index (κ1) is 25.4. The molecular formula is C33H36N4O2. The number of carboxylic acid groups (broad SMARTS) is 1. The van der Waals surface area contributed by atoms with E-state index in [1.807, 2.05) is 33.0 Å². The molecule has 39 heavy (non-hydrogen) atoms. The van der Waals surface area contributed by atoms with Gasteiger partial charge in [-0.3, -0.25) is 15.0 Å². The summed E-state index contributed by atoms with van der Waals surface area (Å²) in [5.74, 6) is 0. The third-order valence-corrected chi connectivity index (χ3v) is 8.60. The third kappa shape index (κ3) is 4.05. The fourth-order valence-corrected chi connectivity index (χ4v) is 6.68. The molecule has 2 N–H and O–H groups in total. The second kappa shape index (κ2) is 8.80. The number of aromatic nitrogens is 3. The minimum Gasteiger partial charge on any atom is -0.465 e. The lowest BCUT2D eigenvalue weighted by Gasteiger charge is -2.54. The molecule has 1 amide bonds. The van der Waals surface area contributed by atoms with Crippen molar-refractivity contribution >= 4 is 6.09 Å². The van der Waals surface area contributed by atoms with Crippen LogP contribution in [0.15, 0.2) is 66.9 Å². The van der Waals surface area contributed by atoms with E-state index in [2.05, 4.69) is 78.6 Å². The van der Waals surface area contributed by atoms with Gasteiger partial charge in [0.1, 0.15) is 0 Å². The van der Waals surface area contributed by atoms with E-state index < -0.39 is 17.2 Å². The summed E-state index contributed by atoms with van der Waals surface area (Å²) < 4.78 is 0. The monoisotopic (exact) mass is 520 g/mol. The molecule has 2 heterocycles. The number of rotatable bonds is 4. The molecule has 2 aromatic carbocycles. The lowest BCUT2D eigenvalue weighted by Crippen LogP contribution is -2.60. The van der Waals surface area contributed by atoms with Crippen molar-refractivity contribution in [3.05, 3.63) is 83.7 Å². The molecule has 0 bridgehead atoms. The van der Waals surface area contributed by atoms with Crippen LogP contribution in [0, 0.1) is 0 Å². The average molecular weight is 521 g/mol. The second-order valence-corrected chi connectivity index (χ2v) is 12.7. The Morgan fingerprint density at radius 1 is 0.974 bits per heavy atom. The highest BCUT2D eigenvalue weighted by molar-refractivity contribution is 5.86. The fourth-order valence-electron chi connectivity index (χ4n) is 6.68. The first-order valence-corrected chi connectivity index (χ1v) is 13.8. The summed E-state index contributed by atoms with van der Waals surface area (Å²) in [4.78, 5) is 19.4. The predicted octanol–water partition coefficient (Wildman–Crippen LogP) is 7.80. The Balaban J connectivity index is 1.48. The summed E-state index contributed by atoms with van der Waals surface area (Å²) >= 11 is 0. The molecule has 6 nitrogen and oxygen atoms in total. The summed E-state index contributed by atoms with van der Waals surface area (Å²) in [6.45, 7) is 10.4. The van der Waals surface area contributed by atoms with E-state index in [0.717, 1.165) is 70.6 Å². The predicted molar refractivity (Wildman–Crippen MR) is 155 cm³/mol. The van der Waals surface area contributed by atoms with Crippen molar-refractivity contribution in [2.45, 2.75) is 76.8 Å². The van der Waals surface area contributed by atoms with Gasteiger partial charge in [-0.15, -0.1) is 0 Å². The molecule has 1 fully saturated rings. The van der Waals surface area contributed by atoms with Crippen molar-refractivity contribution in [2.24, 2.45) is 0 Å². The molecule has 2 aliphatic rings. The zero-order valence-corrected chi connectivity index (χ0v) is 23.4. The van der Waals surface area contributed by atoms with E-state index in [4.69, 9.17) is 4.98 Å². The van der Waals surface area contributed by atoms with Crippen LogP contribution < -0.4 is 0 Å². The van der Waals surface area contributed by atoms with E-state index in [-0.39, 0.29) is 5.41 Å². The van der Waals surface area contributed by atoms with Crippen LogP contribution in [0.25, 0.3) is 33.6 Å². The van der Waals surface area contributed by atoms with Gasteiger partial charge < -0.3 is 5.11 Å². The number of nitrogens with one attached hydrogen (secondary N) is 1. The van der Waals surface area contributed by atoms with Crippen LogP contribution in [-0.4, -0.2) is 36.8 Å². The van der Waals surface area contributed by atoms with Crippen molar-refractivity contribution < 1.29 is 9.90 Å². The van der Waals surface area contributed by atoms with Gasteiger partial charge in [-0.25, -0.2) is 4.79 Å². The Hall–Kier alpha value is -3.93. The van der Waals surface area contributed by atoms with Crippen molar-refractivity contribution in [3.8, 4) is 33.6 Å². The zero-order chi connectivity index (χ0) is 27.6. The molecule has 0 spiro atoms. The van der Waals surface area contributed by atoms with E-state index in [1.165, 1.54) is 5.56 Å². The lowest BCUT2D eigenvalue weighted by atomic mass is 9.69. The number of fused-ring (bicyclic) bond motifs is 3. The number of aromatic amines is 1. The van der Waals surface area contributed by atoms with Crippen molar-refractivity contribution in [1.29, 1.82) is 0 Å². The lowest BCUT2D eigenvalue weighted by molar-refractivity contribution is -0.0328. The Bertz CT molecular complexity index is 1540. The standard InChI is InChI=1S/C33H36N4O2/c1-31(2,3)37(30(38)39)33(16-9-17-33)23-14-12-22(13-15-23)28-24(21-10-7-6-8-11-21)18-25-27(35-28)19-32(4,5)26-20-34-36-29(25)26/h6-8,10-15,18,20H,9,16-17,19H2,1-5H3,(H,34,36)(H,38,39). The van der Waals surface area contributed by atoms with Gasteiger partial charge in [0, 0.05) is 27.8 Å². The summed E-state index contributed by atoms with van der Waals surface area (Å²) in [6.07, 6.45) is 4.61. The maximum atomic E-state index is 12.4. The minimum absolute atomic E-state index is 0.0679. The van der Waals surface area contributed by atoms with Gasteiger partial charge in [0.05, 0.1) is 28.8 Å². The Labute approximate surface area is 230 Å². The molecule has 0 atom stereocenters. The van der Waals surface area contributed by atoms with E-state index >= 15 is 0 Å². The molecule has 1 saturated carbocycles. The molecule has 6 heteroatoms. The molecule has 0 unspecified atom stereocenters. The molecule has 2 aromatic heterocycles. The van der Waals surface area contributed by atoms with Gasteiger partial charge in [0.2, 0.25) is 0 Å². The molecule has 2 aliphatic carbocycles. The first-order chi connectivity index (χ1) is 18.5. The molecule has 4 aromatic rings. The van der Waals surface area contributed by atoms with E-state index in [0.29, 0.717) is 0 Å². The Kier molecular flexibility index (Phi) is 5.72. The number of H-pyrrole nitrogens is 1.